The summed E-state index contributed by atoms with van der Waals surface area (Å²) in [5.41, 5.74) is 0. The van der Waals surface area contributed by atoms with Crippen molar-refractivity contribution in [1.29, 1.82) is 0 Å². The molecule has 0 aromatic heterocycles. The van der Waals surface area contributed by atoms with Gasteiger partial charge < -0.3 is 5.11 Å². The van der Waals surface area contributed by atoms with Gasteiger partial charge in [0.15, 0.2) is 0 Å². The Morgan fingerprint density at radius 2 is 2.00 bits per heavy atom. The minimum atomic E-state index is -0.764. The molecule has 0 unspecified atom stereocenters. The molecular formula is C11H13FO2. The van der Waals surface area contributed by atoms with Crippen LogP contribution in [0.5, 0.6) is 0 Å². The van der Waals surface area contributed by atoms with Gasteiger partial charge in [0.05, 0.1) is 0 Å². The molecule has 0 aliphatic carbocycles. The summed E-state index contributed by atoms with van der Waals surface area (Å²) in [7, 11) is 0. The van der Waals surface area contributed by atoms with Gasteiger partial charge >= 0.3 is 5.97 Å². The molecular weight excluding hydrogens is 183 g/mol. The largest absolute Gasteiger partial charge is 0.481 e. The summed E-state index contributed by atoms with van der Waals surface area (Å²) in [6.45, 7) is 3.37. The molecule has 1 N–H and O–H groups in total. The maximum atomic E-state index is 11.9. The predicted octanol–water partition coefficient (Wildman–Crippen LogP) is 2.86. The first kappa shape index (κ1) is 12.4. The van der Waals surface area contributed by atoms with Crippen molar-refractivity contribution >= 4 is 5.97 Å². The molecule has 0 aliphatic heterocycles. The molecule has 0 aliphatic rings. The fraction of sp³-hybridized carbons (Fsp3) is 0.182. The Morgan fingerprint density at radius 1 is 1.43 bits per heavy atom. The second-order valence-corrected chi connectivity index (χ2v) is 2.52. The van der Waals surface area contributed by atoms with Crippen molar-refractivity contribution in [3.8, 4) is 0 Å². The van der Waals surface area contributed by atoms with Crippen LogP contribution in [0.15, 0.2) is 43.0 Å². The van der Waals surface area contributed by atoms with Gasteiger partial charge in [-0.15, -0.1) is 6.58 Å². The molecule has 0 spiro atoms. The molecule has 0 radical (unpaired) electrons. The van der Waals surface area contributed by atoms with Crippen molar-refractivity contribution < 1.29 is 14.3 Å². The second-order valence-electron chi connectivity index (χ2n) is 2.52. The van der Waals surface area contributed by atoms with Crippen LogP contribution in [-0.2, 0) is 4.79 Å². The zero-order valence-corrected chi connectivity index (χ0v) is 7.82. The van der Waals surface area contributed by atoms with Crippen molar-refractivity contribution in [2.24, 2.45) is 0 Å². The molecule has 3 heteroatoms. The molecule has 0 saturated carbocycles. The first-order chi connectivity index (χ1) is 6.66. The standard InChI is InChI=1S/C6H5F.C5H8O2/c7-6-4-2-1-3-5-6;1-2-3-4-5(6)7/h1-5H;2H,1,3-4H2,(H,6,7). The Labute approximate surface area is 82.7 Å². The molecule has 0 atom stereocenters. The van der Waals surface area contributed by atoms with E-state index >= 15 is 0 Å². The molecule has 0 fully saturated rings. The van der Waals surface area contributed by atoms with Gasteiger partial charge in [0.2, 0.25) is 0 Å². The number of carboxylic acids is 1. The van der Waals surface area contributed by atoms with E-state index in [-0.39, 0.29) is 12.2 Å². The van der Waals surface area contributed by atoms with E-state index in [2.05, 4.69) is 6.58 Å². The molecule has 1 aromatic rings. The predicted molar refractivity (Wildman–Crippen MR) is 53.5 cm³/mol. The fourth-order valence-electron chi connectivity index (χ4n) is 0.640. The van der Waals surface area contributed by atoms with Gasteiger partial charge in [-0.1, -0.05) is 24.3 Å². The topological polar surface area (TPSA) is 37.3 Å². The number of carbonyl (C=O) groups is 1. The van der Waals surface area contributed by atoms with Crippen molar-refractivity contribution in [3.63, 3.8) is 0 Å². The Kier molecular flexibility index (Phi) is 7.05. The monoisotopic (exact) mass is 196 g/mol. The van der Waals surface area contributed by atoms with Crippen molar-refractivity contribution in [2.75, 3.05) is 0 Å². The number of hydrogen-bond acceptors (Lipinski definition) is 1. The van der Waals surface area contributed by atoms with E-state index in [4.69, 9.17) is 5.11 Å². The van der Waals surface area contributed by atoms with Crippen LogP contribution in [0.25, 0.3) is 0 Å². The number of allylic oxidation sites excluding steroid dienone is 1. The normalized spacial score (nSPS) is 8.36. The minimum absolute atomic E-state index is 0.178. The number of halogens is 1. The van der Waals surface area contributed by atoms with E-state index in [1.54, 1.807) is 24.3 Å². The Balaban J connectivity index is 0.000000241. The van der Waals surface area contributed by atoms with E-state index in [1.807, 2.05) is 0 Å². The van der Waals surface area contributed by atoms with Crippen LogP contribution in [-0.4, -0.2) is 11.1 Å². The van der Waals surface area contributed by atoms with Crippen LogP contribution >= 0.6 is 0 Å². The first-order valence-corrected chi connectivity index (χ1v) is 4.20. The Hall–Kier alpha value is -1.64. The third kappa shape index (κ3) is 8.46. The molecule has 0 amide bonds. The number of carboxylic acid groups (broad SMARTS) is 1. The molecule has 1 rings (SSSR count). The molecule has 0 heterocycles. The van der Waals surface area contributed by atoms with Crippen molar-refractivity contribution in [2.45, 2.75) is 12.8 Å². The van der Waals surface area contributed by atoms with Crippen molar-refractivity contribution in [1.82, 2.24) is 0 Å². The lowest BCUT2D eigenvalue weighted by Crippen LogP contribution is -1.90. The van der Waals surface area contributed by atoms with E-state index in [0.29, 0.717) is 6.42 Å². The molecule has 1 aromatic carbocycles. The highest BCUT2D eigenvalue weighted by atomic mass is 19.1. The number of rotatable bonds is 3. The molecule has 0 bridgehead atoms. The maximum absolute atomic E-state index is 11.9. The molecule has 14 heavy (non-hydrogen) atoms. The molecule has 0 saturated heterocycles. The maximum Gasteiger partial charge on any atom is 0.303 e. The number of benzene rings is 1. The highest BCUT2D eigenvalue weighted by Crippen LogP contribution is 1.91. The van der Waals surface area contributed by atoms with E-state index in [1.165, 1.54) is 12.1 Å². The lowest BCUT2D eigenvalue weighted by Gasteiger charge is -1.82. The third-order valence-corrected chi connectivity index (χ3v) is 1.30. The summed E-state index contributed by atoms with van der Waals surface area (Å²) in [6, 6.07) is 7.94. The smallest absolute Gasteiger partial charge is 0.303 e. The number of aliphatic carboxylic acids is 1. The lowest BCUT2D eigenvalue weighted by molar-refractivity contribution is -0.136. The Morgan fingerprint density at radius 3 is 2.21 bits per heavy atom. The quantitative estimate of drug-likeness (QED) is 0.755. The third-order valence-electron chi connectivity index (χ3n) is 1.30. The molecule has 76 valence electrons. The lowest BCUT2D eigenvalue weighted by atomic mass is 10.3. The molecule has 2 nitrogen and oxygen atoms in total. The van der Waals surface area contributed by atoms with Crippen LogP contribution < -0.4 is 0 Å². The van der Waals surface area contributed by atoms with Crippen LogP contribution in [0.1, 0.15) is 12.8 Å². The van der Waals surface area contributed by atoms with E-state index < -0.39 is 5.97 Å². The van der Waals surface area contributed by atoms with Crippen LogP contribution in [0.4, 0.5) is 4.39 Å². The Bertz CT molecular complexity index is 270. The van der Waals surface area contributed by atoms with Gasteiger partial charge in [-0.25, -0.2) is 4.39 Å². The fourth-order valence-corrected chi connectivity index (χ4v) is 0.640. The van der Waals surface area contributed by atoms with Gasteiger partial charge in [0.25, 0.3) is 0 Å². The van der Waals surface area contributed by atoms with Crippen LogP contribution in [0.2, 0.25) is 0 Å². The summed E-state index contributed by atoms with van der Waals surface area (Å²) in [6.07, 6.45) is 2.35. The summed E-state index contributed by atoms with van der Waals surface area (Å²) < 4.78 is 11.9. The SMILES string of the molecule is C=CCCC(=O)O.Fc1ccccc1. The van der Waals surface area contributed by atoms with E-state index in [0.717, 1.165) is 0 Å². The van der Waals surface area contributed by atoms with Crippen molar-refractivity contribution in [3.05, 3.63) is 48.8 Å². The average Bonchev–Trinajstić information content (AvgIpc) is 2.17. The number of hydrogen-bond donors (Lipinski definition) is 1. The van der Waals surface area contributed by atoms with Gasteiger partial charge in [0, 0.05) is 6.42 Å². The van der Waals surface area contributed by atoms with Gasteiger partial charge in [-0.05, 0) is 18.6 Å². The average molecular weight is 196 g/mol. The zero-order valence-electron chi connectivity index (χ0n) is 7.82. The zero-order chi connectivity index (χ0) is 10.8. The second kappa shape index (κ2) is 7.98. The van der Waals surface area contributed by atoms with Gasteiger partial charge in [-0.3, -0.25) is 4.79 Å². The first-order valence-electron chi connectivity index (χ1n) is 4.20. The highest BCUT2D eigenvalue weighted by molar-refractivity contribution is 5.66. The summed E-state index contributed by atoms with van der Waals surface area (Å²) >= 11 is 0. The summed E-state index contributed by atoms with van der Waals surface area (Å²) in [5, 5.41) is 8.00. The summed E-state index contributed by atoms with van der Waals surface area (Å²) in [5.74, 6) is -0.942. The van der Waals surface area contributed by atoms with Crippen LogP contribution in [0, 0.1) is 5.82 Å². The van der Waals surface area contributed by atoms with Crippen LogP contribution in [0.3, 0.4) is 0 Å². The van der Waals surface area contributed by atoms with Gasteiger partial charge in [-0.2, -0.15) is 0 Å². The van der Waals surface area contributed by atoms with E-state index in [9.17, 15) is 9.18 Å². The minimum Gasteiger partial charge on any atom is -0.481 e. The van der Waals surface area contributed by atoms with Gasteiger partial charge in [0.1, 0.15) is 5.82 Å². The summed E-state index contributed by atoms with van der Waals surface area (Å²) in [4.78, 5) is 9.71. The highest BCUT2D eigenvalue weighted by Gasteiger charge is 1.89.